The Morgan fingerprint density at radius 1 is 1.16 bits per heavy atom. The van der Waals surface area contributed by atoms with Crippen molar-refractivity contribution in [3.63, 3.8) is 0 Å². The molecule has 0 saturated carbocycles. The number of nitrogens with zero attached hydrogens (tertiary/aromatic N) is 4. The lowest BCUT2D eigenvalue weighted by atomic mass is 9.83. The summed E-state index contributed by atoms with van der Waals surface area (Å²) < 4.78 is 1.98. The van der Waals surface area contributed by atoms with E-state index < -0.39 is 0 Å². The van der Waals surface area contributed by atoms with Crippen LogP contribution in [0.4, 0.5) is 5.82 Å². The molecular formula is C19H20N4OS. The van der Waals surface area contributed by atoms with Crippen LogP contribution >= 0.6 is 11.3 Å². The topological polar surface area (TPSA) is 51.0 Å². The van der Waals surface area contributed by atoms with Crippen LogP contribution < -0.4 is 10.5 Å². The van der Waals surface area contributed by atoms with Crippen LogP contribution in [0.15, 0.2) is 29.3 Å². The van der Waals surface area contributed by atoms with Gasteiger partial charge in [0.2, 0.25) is 0 Å². The number of aryl methyl sites for hydroxylation is 2. The molecule has 0 spiro atoms. The number of rotatable bonds is 1. The fourth-order valence-electron chi connectivity index (χ4n) is 4.47. The Bertz CT molecular complexity index is 1040. The maximum absolute atomic E-state index is 12.2. The highest BCUT2D eigenvalue weighted by molar-refractivity contribution is 7.18. The predicted molar refractivity (Wildman–Crippen MR) is 101 cm³/mol. The van der Waals surface area contributed by atoms with E-state index in [9.17, 15) is 4.79 Å². The van der Waals surface area contributed by atoms with Crippen molar-refractivity contribution < 1.29 is 0 Å². The first-order valence-electron chi connectivity index (χ1n) is 8.77. The van der Waals surface area contributed by atoms with Gasteiger partial charge in [0.1, 0.15) is 17.0 Å². The van der Waals surface area contributed by atoms with Gasteiger partial charge in [-0.2, -0.15) is 0 Å². The van der Waals surface area contributed by atoms with Gasteiger partial charge in [0, 0.05) is 42.2 Å². The van der Waals surface area contributed by atoms with E-state index in [1.54, 1.807) is 23.7 Å². The van der Waals surface area contributed by atoms with Gasteiger partial charge in [-0.15, -0.1) is 11.3 Å². The molecule has 2 aliphatic rings. The molecule has 0 aromatic carbocycles. The zero-order valence-electron chi connectivity index (χ0n) is 14.4. The van der Waals surface area contributed by atoms with Crippen molar-refractivity contribution >= 4 is 27.4 Å². The number of pyridine rings is 1. The first-order chi connectivity index (χ1) is 12.1. The van der Waals surface area contributed by atoms with Gasteiger partial charge in [0.05, 0.1) is 5.39 Å². The van der Waals surface area contributed by atoms with Crippen LogP contribution in [-0.4, -0.2) is 27.6 Å². The van der Waals surface area contributed by atoms with Crippen molar-refractivity contribution in [2.24, 2.45) is 5.92 Å². The number of thiophene rings is 1. The summed E-state index contributed by atoms with van der Waals surface area (Å²) in [5.41, 5.74) is 2.61. The van der Waals surface area contributed by atoms with Crippen LogP contribution in [0.1, 0.15) is 28.5 Å². The maximum Gasteiger partial charge on any atom is 0.250 e. The van der Waals surface area contributed by atoms with Gasteiger partial charge in [0.15, 0.2) is 0 Å². The molecule has 6 heteroatoms. The third-order valence-corrected chi connectivity index (χ3v) is 6.84. The molecule has 1 fully saturated rings. The van der Waals surface area contributed by atoms with E-state index in [-0.39, 0.29) is 5.56 Å². The average molecular weight is 352 g/mol. The van der Waals surface area contributed by atoms with E-state index in [0.29, 0.717) is 11.8 Å². The Morgan fingerprint density at radius 3 is 2.92 bits per heavy atom. The summed E-state index contributed by atoms with van der Waals surface area (Å²) in [6, 6.07) is 5.68. The fourth-order valence-corrected chi connectivity index (χ4v) is 5.46. The molecule has 0 aliphatic carbocycles. The molecule has 0 N–H and O–H groups in total. The molecule has 3 aromatic rings. The number of aromatic nitrogens is 3. The number of hydrogen-bond acceptors (Lipinski definition) is 5. The molecule has 2 aliphatic heterocycles. The molecule has 0 radical (unpaired) electrons. The van der Waals surface area contributed by atoms with Crippen LogP contribution in [0.5, 0.6) is 0 Å². The molecule has 128 valence electrons. The number of anilines is 1. The molecule has 2 bridgehead atoms. The molecule has 0 amide bonds. The highest BCUT2D eigenvalue weighted by atomic mass is 32.1. The number of fused-ring (bicyclic) bond motifs is 5. The summed E-state index contributed by atoms with van der Waals surface area (Å²) in [7, 11) is 0. The molecule has 3 aromatic heterocycles. The van der Waals surface area contributed by atoms with E-state index in [1.165, 1.54) is 21.5 Å². The van der Waals surface area contributed by atoms with Gasteiger partial charge in [-0.3, -0.25) is 4.79 Å². The lowest BCUT2D eigenvalue weighted by molar-refractivity contribution is 0.281. The van der Waals surface area contributed by atoms with Crippen LogP contribution in [0, 0.1) is 19.8 Å². The Labute approximate surface area is 150 Å². The van der Waals surface area contributed by atoms with Crippen molar-refractivity contribution in [2.75, 3.05) is 18.0 Å². The van der Waals surface area contributed by atoms with Gasteiger partial charge in [-0.25, -0.2) is 9.97 Å². The largest absolute Gasteiger partial charge is 0.355 e. The summed E-state index contributed by atoms with van der Waals surface area (Å²) in [6.07, 6.45) is 2.85. The van der Waals surface area contributed by atoms with E-state index >= 15 is 0 Å². The normalized spacial score (nSPS) is 22.2. The van der Waals surface area contributed by atoms with Gasteiger partial charge in [0.25, 0.3) is 5.56 Å². The smallest absolute Gasteiger partial charge is 0.250 e. The molecule has 25 heavy (non-hydrogen) atoms. The molecule has 2 atom stereocenters. The third kappa shape index (κ3) is 2.24. The van der Waals surface area contributed by atoms with Crippen molar-refractivity contribution in [3.8, 4) is 0 Å². The molecule has 5 rings (SSSR count). The van der Waals surface area contributed by atoms with Crippen LogP contribution in [0.2, 0.25) is 0 Å². The number of piperidine rings is 1. The molecule has 5 heterocycles. The second-order valence-corrected chi connectivity index (χ2v) is 8.47. The minimum atomic E-state index is 0.134. The van der Waals surface area contributed by atoms with Gasteiger partial charge in [-0.05, 0) is 37.8 Å². The zero-order valence-corrected chi connectivity index (χ0v) is 15.2. The highest BCUT2D eigenvalue weighted by Gasteiger charge is 2.35. The van der Waals surface area contributed by atoms with Crippen molar-refractivity contribution in [1.82, 2.24) is 14.5 Å². The van der Waals surface area contributed by atoms with Crippen LogP contribution in [0.3, 0.4) is 0 Å². The van der Waals surface area contributed by atoms with Gasteiger partial charge >= 0.3 is 0 Å². The summed E-state index contributed by atoms with van der Waals surface area (Å²) in [5.74, 6) is 1.95. The minimum Gasteiger partial charge on any atom is -0.355 e. The van der Waals surface area contributed by atoms with Crippen LogP contribution in [0.25, 0.3) is 10.2 Å². The van der Waals surface area contributed by atoms with E-state index in [1.807, 2.05) is 10.6 Å². The van der Waals surface area contributed by atoms with E-state index in [4.69, 9.17) is 0 Å². The summed E-state index contributed by atoms with van der Waals surface area (Å²) in [6.45, 7) is 7.01. The van der Waals surface area contributed by atoms with Crippen molar-refractivity contribution in [2.45, 2.75) is 32.7 Å². The Kier molecular flexibility index (Phi) is 3.25. The molecule has 2 unspecified atom stereocenters. The SMILES string of the molecule is Cc1sc2ncnc(N3CC4CC(C3)c3cccc(=O)n3C4)c2c1C. The number of hydrogen-bond donors (Lipinski definition) is 0. The zero-order chi connectivity index (χ0) is 17.1. The third-order valence-electron chi connectivity index (χ3n) is 5.72. The Hall–Kier alpha value is -2.21. The molecule has 1 saturated heterocycles. The fraction of sp³-hybridized carbons (Fsp3) is 0.421. The van der Waals surface area contributed by atoms with Crippen molar-refractivity contribution in [3.05, 3.63) is 51.0 Å². The van der Waals surface area contributed by atoms with Crippen molar-refractivity contribution in [1.29, 1.82) is 0 Å². The monoisotopic (exact) mass is 352 g/mol. The Morgan fingerprint density at radius 2 is 2.04 bits per heavy atom. The molecular weight excluding hydrogens is 332 g/mol. The van der Waals surface area contributed by atoms with E-state index in [0.717, 1.165) is 36.7 Å². The first-order valence-corrected chi connectivity index (χ1v) is 9.59. The predicted octanol–water partition coefficient (Wildman–Crippen LogP) is 3.09. The standard InChI is InChI=1S/C19H20N4OS/c1-11-12(2)25-19-17(11)18(20-10-21-19)22-7-13-6-14(9-22)15-4-3-5-16(24)23(15)8-13/h3-5,10,13-14H,6-9H2,1-2H3. The van der Waals surface area contributed by atoms with Crippen LogP contribution in [-0.2, 0) is 6.54 Å². The minimum absolute atomic E-state index is 0.134. The highest BCUT2D eigenvalue weighted by Crippen LogP contribution is 2.40. The average Bonchev–Trinajstić information content (AvgIpc) is 2.90. The summed E-state index contributed by atoms with van der Waals surface area (Å²) in [4.78, 5) is 26.1. The lowest BCUT2D eigenvalue weighted by Crippen LogP contribution is -2.47. The summed E-state index contributed by atoms with van der Waals surface area (Å²) in [5, 5.41) is 1.20. The maximum atomic E-state index is 12.2. The van der Waals surface area contributed by atoms with E-state index in [2.05, 4.69) is 34.8 Å². The first kappa shape index (κ1) is 15.1. The summed E-state index contributed by atoms with van der Waals surface area (Å²) >= 11 is 1.75. The van der Waals surface area contributed by atoms with Gasteiger partial charge in [-0.1, -0.05) is 6.07 Å². The Balaban J connectivity index is 1.59. The second kappa shape index (κ2) is 5.39. The second-order valence-electron chi connectivity index (χ2n) is 7.26. The molecule has 5 nitrogen and oxygen atoms in total. The quantitative estimate of drug-likeness (QED) is 0.675. The van der Waals surface area contributed by atoms with Gasteiger partial charge < -0.3 is 9.47 Å². The lowest BCUT2D eigenvalue weighted by Gasteiger charge is -2.43.